The maximum atomic E-state index is 12.2. The molecule has 1 heterocycles. The summed E-state index contributed by atoms with van der Waals surface area (Å²) in [6.07, 6.45) is 10.1. The van der Waals surface area contributed by atoms with Crippen LogP contribution in [0.2, 0.25) is 0 Å². The quantitative estimate of drug-likeness (QED) is 0.521. The Morgan fingerprint density at radius 2 is 1.62 bits per heavy atom. The smallest absolute Gasteiger partial charge is 0.167 e. The number of carbonyl (C=O) groups excluding carboxylic acids is 1. The summed E-state index contributed by atoms with van der Waals surface area (Å²) in [5.41, 5.74) is 3.13. The molecular weight excluding hydrogens is 258 g/mol. The van der Waals surface area contributed by atoms with Gasteiger partial charge < -0.3 is 0 Å². The van der Waals surface area contributed by atoms with Gasteiger partial charge in [-0.05, 0) is 36.1 Å². The first-order valence-corrected chi connectivity index (χ1v) is 7.80. The Balaban J connectivity index is 1.88. The maximum absolute atomic E-state index is 12.2. The summed E-state index contributed by atoms with van der Waals surface area (Å²) < 4.78 is 0. The fourth-order valence-corrected chi connectivity index (χ4v) is 2.40. The number of benzene rings is 1. The average Bonchev–Trinajstić information content (AvgIpc) is 2.53. The van der Waals surface area contributed by atoms with Crippen molar-refractivity contribution in [2.24, 2.45) is 0 Å². The van der Waals surface area contributed by atoms with E-state index in [4.69, 9.17) is 0 Å². The van der Waals surface area contributed by atoms with Crippen LogP contribution in [0.15, 0.2) is 48.8 Å². The molecule has 0 saturated carbocycles. The fraction of sp³-hybridized carbons (Fsp3) is 0.368. The van der Waals surface area contributed by atoms with Crippen molar-refractivity contribution >= 4 is 5.78 Å². The number of hydrogen-bond acceptors (Lipinski definition) is 2. The summed E-state index contributed by atoms with van der Waals surface area (Å²) in [6.45, 7) is 2.23. The molecule has 1 aromatic carbocycles. The molecule has 0 bridgehead atoms. The van der Waals surface area contributed by atoms with E-state index in [1.54, 1.807) is 12.4 Å². The van der Waals surface area contributed by atoms with Gasteiger partial charge in [0.1, 0.15) is 0 Å². The molecule has 0 atom stereocenters. The molecule has 2 heteroatoms. The van der Waals surface area contributed by atoms with Gasteiger partial charge in [-0.25, -0.2) is 0 Å². The second-order valence-corrected chi connectivity index (χ2v) is 5.46. The van der Waals surface area contributed by atoms with Crippen LogP contribution in [0.25, 0.3) is 0 Å². The van der Waals surface area contributed by atoms with Crippen LogP contribution in [0.3, 0.4) is 0 Å². The van der Waals surface area contributed by atoms with Crippen molar-refractivity contribution in [3.8, 4) is 0 Å². The zero-order valence-electron chi connectivity index (χ0n) is 12.7. The Hall–Kier alpha value is -1.96. The van der Waals surface area contributed by atoms with Crippen molar-refractivity contribution in [2.75, 3.05) is 0 Å². The van der Waals surface area contributed by atoms with Crippen LogP contribution >= 0.6 is 0 Å². The lowest BCUT2D eigenvalue weighted by Gasteiger charge is -2.04. The second-order valence-electron chi connectivity index (χ2n) is 5.46. The summed E-state index contributed by atoms with van der Waals surface area (Å²) >= 11 is 0. The number of pyridine rings is 1. The molecule has 110 valence electrons. The van der Waals surface area contributed by atoms with E-state index in [1.807, 2.05) is 24.3 Å². The predicted octanol–water partition coefficient (Wildman–Crippen LogP) is 4.63. The number of unbranched alkanes of at least 4 members (excludes halogenated alkanes) is 3. The summed E-state index contributed by atoms with van der Waals surface area (Å²) in [6, 6.07) is 11.9. The molecule has 21 heavy (non-hydrogen) atoms. The van der Waals surface area contributed by atoms with Crippen molar-refractivity contribution in [2.45, 2.75) is 45.4 Å². The molecular formula is C19H23NO. The van der Waals surface area contributed by atoms with E-state index in [1.165, 1.54) is 31.2 Å². The third-order valence-electron chi connectivity index (χ3n) is 3.71. The highest BCUT2D eigenvalue weighted by Gasteiger charge is 2.06. The van der Waals surface area contributed by atoms with Crippen LogP contribution in [0, 0.1) is 0 Å². The van der Waals surface area contributed by atoms with E-state index in [2.05, 4.69) is 24.0 Å². The number of nitrogens with zero attached hydrogens (tertiary/aromatic N) is 1. The highest BCUT2D eigenvalue weighted by Crippen LogP contribution is 2.12. The molecule has 0 fully saturated rings. The van der Waals surface area contributed by atoms with Crippen molar-refractivity contribution < 1.29 is 4.79 Å². The van der Waals surface area contributed by atoms with Crippen molar-refractivity contribution in [1.82, 2.24) is 4.98 Å². The number of Topliss-reactive ketones (excluding diaryl/α,β-unsaturated/α-hetero) is 1. The molecule has 1 aromatic heterocycles. The monoisotopic (exact) mass is 281 g/mol. The van der Waals surface area contributed by atoms with Gasteiger partial charge in [0.2, 0.25) is 0 Å². The Labute approximate surface area is 127 Å². The topological polar surface area (TPSA) is 30.0 Å². The molecule has 0 aliphatic rings. The standard InChI is InChI=1S/C19H23NO/c1-2-3-4-5-6-16-7-9-18(10-8-16)19(21)15-17-11-13-20-14-12-17/h7-14H,2-6,15H2,1H3. The normalized spacial score (nSPS) is 10.5. The molecule has 2 rings (SSSR count). The van der Waals surface area contributed by atoms with Gasteiger partial charge in [-0.1, -0.05) is 50.5 Å². The van der Waals surface area contributed by atoms with E-state index in [0.29, 0.717) is 6.42 Å². The zero-order valence-corrected chi connectivity index (χ0v) is 12.7. The van der Waals surface area contributed by atoms with Gasteiger partial charge in [0.25, 0.3) is 0 Å². The average molecular weight is 281 g/mol. The Kier molecular flexibility index (Phi) is 6.14. The highest BCUT2D eigenvalue weighted by atomic mass is 16.1. The van der Waals surface area contributed by atoms with E-state index < -0.39 is 0 Å². The Morgan fingerprint density at radius 1 is 0.905 bits per heavy atom. The first-order valence-electron chi connectivity index (χ1n) is 7.80. The van der Waals surface area contributed by atoms with Crippen LogP contribution in [0.4, 0.5) is 0 Å². The molecule has 0 amide bonds. The molecule has 2 aromatic rings. The van der Waals surface area contributed by atoms with Gasteiger partial charge in [0, 0.05) is 24.4 Å². The van der Waals surface area contributed by atoms with E-state index in [0.717, 1.165) is 17.5 Å². The van der Waals surface area contributed by atoms with Crippen LogP contribution in [-0.4, -0.2) is 10.8 Å². The van der Waals surface area contributed by atoms with E-state index >= 15 is 0 Å². The van der Waals surface area contributed by atoms with Crippen LogP contribution in [0.5, 0.6) is 0 Å². The largest absolute Gasteiger partial charge is 0.294 e. The van der Waals surface area contributed by atoms with Gasteiger partial charge in [0.15, 0.2) is 5.78 Å². The number of rotatable bonds is 8. The molecule has 0 saturated heterocycles. The lowest BCUT2D eigenvalue weighted by molar-refractivity contribution is 0.0993. The van der Waals surface area contributed by atoms with Crippen molar-refractivity contribution in [3.05, 3.63) is 65.5 Å². The SMILES string of the molecule is CCCCCCc1ccc(C(=O)Cc2ccncc2)cc1. The van der Waals surface area contributed by atoms with Crippen LogP contribution < -0.4 is 0 Å². The van der Waals surface area contributed by atoms with Gasteiger partial charge in [-0.2, -0.15) is 0 Å². The van der Waals surface area contributed by atoms with E-state index in [-0.39, 0.29) is 5.78 Å². The lowest BCUT2D eigenvalue weighted by Crippen LogP contribution is -2.03. The first-order chi connectivity index (χ1) is 10.3. The molecule has 0 radical (unpaired) electrons. The predicted molar refractivity (Wildman–Crippen MR) is 86.6 cm³/mol. The minimum atomic E-state index is 0.165. The van der Waals surface area contributed by atoms with Crippen LogP contribution in [-0.2, 0) is 12.8 Å². The summed E-state index contributed by atoms with van der Waals surface area (Å²) in [4.78, 5) is 16.2. The molecule has 0 N–H and O–H groups in total. The molecule has 0 unspecified atom stereocenters. The molecule has 0 spiro atoms. The molecule has 2 nitrogen and oxygen atoms in total. The maximum Gasteiger partial charge on any atom is 0.167 e. The lowest BCUT2D eigenvalue weighted by atomic mass is 10.0. The van der Waals surface area contributed by atoms with Gasteiger partial charge in [-0.15, -0.1) is 0 Å². The Morgan fingerprint density at radius 3 is 2.29 bits per heavy atom. The first kappa shape index (κ1) is 15.4. The van der Waals surface area contributed by atoms with Gasteiger partial charge in [-0.3, -0.25) is 9.78 Å². The Bertz CT molecular complexity index is 546. The van der Waals surface area contributed by atoms with E-state index in [9.17, 15) is 4.79 Å². The summed E-state index contributed by atoms with van der Waals surface area (Å²) in [5, 5.41) is 0. The summed E-state index contributed by atoms with van der Waals surface area (Å²) in [7, 11) is 0. The molecule has 0 aliphatic heterocycles. The van der Waals surface area contributed by atoms with Gasteiger partial charge >= 0.3 is 0 Å². The second kappa shape index (κ2) is 8.35. The van der Waals surface area contributed by atoms with Crippen molar-refractivity contribution in [3.63, 3.8) is 0 Å². The minimum Gasteiger partial charge on any atom is -0.294 e. The zero-order chi connectivity index (χ0) is 14.9. The number of aryl methyl sites for hydroxylation is 1. The third kappa shape index (κ3) is 5.14. The minimum absolute atomic E-state index is 0.165. The molecule has 0 aliphatic carbocycles. The van der Waals surface area contributed by atoms with Gasteiger partial charge in [0.05, 0.1) is 0 Å². The number of hydrogen-bond donors (Lipinski definition) is 0. The fourth-order valence-electron chi connectivity index (χ4n) is 2.40. The number of ketones is 1. The van der Waals surface area contributed by atoms with Crippen LogP contribution in [0.1, 0.15) is 54.1 Å². The number of aromatic nitrogens is 1. The van der Waals surface area contributed by atoms with Crippen molar-refractivity contribution in [1.29, 1.82) is 0 Å². The number of carbonyl (C=O) groups is 1. The third-order valence-corrected chi connectivity index (χ3v) is 3.71. The summed E-state index contributed by atoms with van der Waals surface area (Å²) in [5.74, 6) is 0.165. The highest BCUT2D eigenvalue weighted by molar-refractivity contribution is 5.97.